The Morgan fingerprint density at radius 3 is 2.42 bits per heavy atom. The van der Waals surface area contributed by atoms with Gasteiger partial charge >= 0.3 is 0 Å². The molecule has 1 atom stereocenters. The normalized spacial score (nSPS) is 11.6. The third-order valence-electron chi connectivity index (χ3n) is 4.16. The van der Waals surface area contributed by atoms with Crippen molar-refractivity contribution in [2.75, 3.05) is 19.5 Å². The van der Waals surface area contributed by atoms with Gasteiger partial charge in [-0.2, -0.15) is 0 Å². The summed E-state index contributed by atoms with van der Waals surface area (Å²) in [5.74, 6) is 1.85. The van der Waals surface area contributed by atoms with E-state index in [4.69, 9.17) is 13.9 Å². The SMILES string of the molecule is COc1ccc(NC(=O)C[C@H](c2ccco2)c2ccccc2OC)cc1. The van der Waals surface area contributed by atoms with E-state index in [1.54, 1.807) is 32.6 Å². The van der Waals surface area contributed by atoms with Gasteiger partial charge in [0.05, 0.1) is 26.4 Å². The van der Waals surface area contributed by atoms with Gasteiger partial charge < -0.3 is 19.2 Å². The monoisotopic (exact) mass is 351 g/mol. The van der Waals surface area contributed by atoms with Gasteiger partial charge in [0.25, 0.3) is 0 Å². The molecule has 1 N–H and O–H groups in total. The van der Waals surface area contributed by atoms with Crippen molar-refractivity contribution in [1.29, 1.82) is 0 Å². The maximum Gasteiger partial charge on any atom is 0.225 e. The second-order valence-electron chi connectivity index (χ2n) is 5.79. The van der Waals surface area contributed by atoms with Crippen LogP contribution in [0.5, 0.6) is 11.5 Å². The average Bonchev–Trinajstić information content (AvgIpc) is 3.21. The molecule has 3 aromatic rings. The van der Waals surface area contributed by atoms with Crippen molar-refractivity contribution in [3.63, 3.8) is 0 Å². The minimum absolute atomic E-state index is 0.109. The molecule has 2 aromatic carbocycles. The highest BCUT2D eigenvalue weighted by molar-refractivity contribution is 5.91. The molecule has 0 saturated carbocycles. The number of hydrogen-bond donors (Lipinski definition) is 1. The average molecular weight is 351 g/mol. The van der Waals surface area contributed by atoms with E-state index in [1.807, 2.05) is 48.5 Å². The van der Waals surface area contributed by atoms with Gasteiger partial charge in [-0.3, -0.25) is 4.79 Å². The second-order valence-corrected chi connectivity index (χ2v) is 5.79. The Kier molecular flexibility index (Phi) is 5.59. The molecule has 0 aliphatic heterocycles. The summed E-state index contributed by atoms with van der Waals surface area (Å²) in [5, 5.41) is 2.92. The number of carbonyl (C=O) groups excluding carboxylic acids is 1. The first kappa shape index (κ1) is 17.6. The van der Waals surface area contributed by atoms with Crippen molar-refractivity contribution in [3.8, 4) is 11.5 Å². The zero-order chi connectivity index (χ0) is 18.4. The number of para-hydroxylation sites is 1. The van der Waals surface area contributed by atoms with Crippen LogP contribution in [0.3, 0.4) is 0 Å². The summed E-state index contributed by atoms with van der Waals surface area (Å²) >= 11 is 0. The first-order valence-corrected chi connectivity index (χ1v) is 8.31. The van der Waals surface area contributed by atoms with Gasteiger partial charge in [-0.05, 0) is 42.5 Å². The molecule has 0 saturated heterocycles. The summed E-state index contributed by atoms with van der Waals surface area (Å²) in [6.45, 7) is 0. The van der Waals surface area contributed by atoms with Crippen LogP contribution in [0.25, 0.3) is 0 Å². The highest BCUT2D eigenvalue weighted by Gasteiger charge is 2.23. The van der Waals surface area contributed by atoms with Crippen LogP contribution in [-0.2, 0) is 4.79 Å². The molecule has 1 aromatic heterocycles. The summed E-state index contributed by atoms with van der Waals surface area (Å²) in [6.07, 6.45) is 1.85. The van der Waals surface area contributed by atoms with Crippen molar-refractivity contribution in [2.45, 2.75) is 12.3 Å². The van der Waals surface area contributed by atoms with Gasteiger partial charge in [0, 0.05) is 17.7 Å². The first-order valence-electron chi connectivity index (χ1n) is 8.31. The zero-order valence-electron chi connectivity index (χ0n) is 14.8. The fraction of sp³-hybridized carbons (Fsp3) is 0.190. The van der Waals surface area contributed by atoms with Crippen molar-refractivity contribution < 1.29 is 18.7 Å². The largest absolute Gasteiger partial charge is 0.497 e. The third kappa shape index (κ3) is 4.06. The predicted octanol–water partition coefficient (Wildman–Crippen LogP) is 4.46. The number of anilines is 1. The smallest absolute Gasteiger partial charge is 0.225 e. The Morgan fingerprint density at radius 2 is 1.77 bits per heavy atom. The van der Waals surface area contributed by atoms with Crippen LogP contribution in [0.1, 0.15) is 23.7 Å². The number of methoxy groups -OCH3 is 2. The fourth-order valence-corrected chi connectivity index (χ4v) is 2.88. The molecule has 5 nitrogen and oxygen atoms in total. The van der Waals surface area contributed by atoms with E-state index < -0.39 is 0 Å². The van der Waals surface area contributed by atoms with Crippen LogP contribution < -0.4 is 14.8 Å². The molecule has 134 valence electrons. The van der Waals surface area contributed by atoms with Gasteiger partial charge in [-0.25, -0.2) is 0 Å². The molecule has 5 heteroatoms. The van der Waals surface area contributed by atoms with Crippen molar-refractivity contribution in [3.05, 3.63) is 78.3 Å². The van der Waals surface area contributed by atoms with E-state index in [0.29, 0.717) is 5.69 Å². The molecule has 0 aliphatic carbocycles. The van der Waals surface area contributed by atoms with E-state index in [-0.39, 0.29) is 18.2 Å². The topological polar surface area (TPSA) is 60.7 Å². The molecule has 0 spiro atoms. The van der Waals surface area contributed by atoms with E-state index in [0.717, 1.165) is 22.8 Å². The highest BCUT2D eigenvalue weighted by Crippen LogP contribution is 2.34. The molecule has 0 aliphatic rings. The number of furan rings is 1. The molecule has 1 heterocycles. The Bertz CT molecular complexity index is 841. The minimum atomic E-state index is -0.237. The Morgan fingerprint density at radius 1 is 1.00 bits per heavy atom. The van der Waals surface area contributed by atoms with Crippen LogP contribution in [0.2, 0.25) is 0 Å². The standard InChI is InChI=1S/C21H21NO4/c1-24-16-11-9-15(10-12-16)22-21(23)14-18(20-8-5-13-26-20)17-6-3-4-7-19(17)25-2/h3-13,18H,14H2,1-2H3,(H,22,23)/t18-/m0/s1. The van der Waals surface area contributed by atoms with E-state index >= 15 is 0 Å². The number of ether oxygens (including phenoxy) is 2. The minimum Gasteiger partial charge on any atom is -0.497 e. The summed E-state index contributed by atoms with van der Waals surface area (Å²) < 4.78 is 16.2. The lowest BCUT2D eigenvalue weighted by molar-refractivity contribution is -0.116. The van der Waals surface area contributed by atoms with E-state index in [9.17, 15) is 4.79 Å². The number of hydrogen-bond acceptors (Lipinski definition) is 4. The van der Waals surface area contributed by atoms with E-state index in [2.05, 4.69) is 5.32 Å². The molecule has 0 fully saturated rings. The molecule has 0 unspecified atom stereocenters. The summed E-state index contributed by atoms with van der Waals surface area (Å²) in [4.78, 5) is 12.6. The van der Waals surface area contributed by atoms with Gasteiger partial charge in [-0.1, -0.05) is 18.2 Å². The maximum atomic E-state index is 12.6. The molecular formula is C21H21NO4. The van der Waals surface area contributed by atoms with Crippen molar-refractivity contribution >= 4 is 11.6 Å². The van der Waals surface area contributed by atoms with Gasteiger partial charge in [0.1, 0.15) is 17.3 Å². The number of carbonyl (C=O) groups is 1. The number of rotatable bonds is 7. The lowest BCUT2D eigenvalue weighted by Crippen LogP contribution is -2.16. The maximum absolute atomic E-state index is 12.6. The van der Waals surface area contributed by atoms with Crippen LogP contribution in [0.4, 0.5) is 5.69 Å². The molecule has 0 bridgehead atoms. The van der Waals surface area contributed by atoms with E-state index in [1.165, 1.54) is 0 Å². The van der Waals surface area contributed by atoms with Crippen molar-refractivity contribution in [2.24, 2.45) is 0 Å². The summed E-state index contributed by atoms with van der Waals surface area (Å²) in [5.41, 5.74) is 1.63. The lowest BCUT2D eigenvalue weighted by Gasteiger charge is -2.18. The van der Waals surface area contributed by atoms with Crippen molar-refractivity contribution in [1.82, 2.24) is 0 Å². The summed E-state index contributed by atoms with van der Waals surface area (Å²) in [7, 11) is 3.23. The van der Waals surface area contributed by atoms with Crippen LogP contribution in [-0.4, -0.2) is 20.1 Å². The van der Waals surface area contributed by atoms with Crippen LogP contribution >= 0.6 is 0 Å². The molecular weight excluding hydrogens is 330 g/mol. The second kappa shape index (κ2) is 8.25. The Balaban J connectivity index is 1.80. The Labute approximate surface area is 152 Å². The lowest BCUT2D eigenvalue weighted by atomic mass is 9.92. The molecule has 0 radical (unpaired) electrons. The van der Waals surface area contributed by atoms with Crippen LogP contribution in [0, 0.1) is 0 Å². The molecule has 26 heavy (non-hydrogen) atoms. The summed E-state index contributed by atoms with van der Waals surface area (Å²) in [6, 6.07) is 18.6. The van der Waals surface area contributed by atoms with Gasteiger partial charge in [0.2, 0.25) is 5.91 Å². The van der Waals surface area contributed by atoms with Gasteiger partial charge in [0.15, 0.2) is 0 Å². The van der Waals surface area contributed by atoms with Crippen LogP contribution in [0.15, 0.2) is 71.3 Å². The highest BCUT2D eigenvalue weighted by atomic mass is 16.5. The quantitative estimate of drug-likeness (QED) is 0.683. The predicted molar refractivity (Wildman–Crippen MR) is 99.8 cm³/mol. The molecule has 1 amide bonds. The zero-order valence-corrected chi connectivity index (χ0v) is 14.8. The van der Waals surface area contributed by atoms with Gasteiger partial charge in [-0.15, -0.1) is 0 Å². The number of amides is 1. The number of benzene rings is 2. The fourth-order valence-electron chi connectivity index (χ4n) is 2.88. The number of nitrogens with one attached hydrogen (secondary N) is 1. The molecule has 3 rings (SSSR count). The third-order valence-corrected chi connectivity index (χ3v) is 4.16. The Hall–Kier alpha value is -3.21. The first-order chi connectivity index (χ1) is 12.7.